The van der Waals surface area contributed by atoms with Gasteiger partial charge in [-0.3, -0.25) is 4.79 Å². The third kappa shape index (κ3) is 2.48. The van der Waals surface area contributed by atoms with E-state index >= 15 is 0 Å². The molecular weight excluding hydrogens is 291 g/mol. The molecule has 3 rings (SSSR count). The quantitative estimate of drug-likeness (QED) is 0.685. The topological polar surface area (TPSA) is 17.1 Å². The summed E-state index contributed by atoms with van der Waals surface area (Å²) in [6.07, 6.45) is 3.82. The van der Waals surface area contributed by atoms with Crippen LogP contribution in [0.2, 0.25) is 10.0 Å². The maximum absolute atomic E-state index is 12.4. The lowest BCUT2D eigenvalue weighted by Crippen LogP contribution is -2.09. The van der Waals surface area contributed by atoms with Crippen molar-refractivity contribution in [3.63, 3.8) is 0 Å². The monoisotopic (exact) mass is 304 g/mol. The van der Waals surface area contributed by atoms with E-state index in [9.17, 15) is 4.79 Å². The van der Waals surface area contributed by atoms with Crippen LogP contribution in [-0.4, -0.2) is 5.78 Å². The number of hydrogen-bond acceptors (Lipinski definition) is 1. The smallest absolute Gasteiger partial charge is 0.194 e. The van der Waals surface area contributed by atoms with Crippen molar-refractivity contribution in [3.05, 3.63) is 69.2 Å². The Morgan fingerprint density at radius 1 is 1.00 bits per heavy atom. The van der Waals surface area contributed by atoms with Gasteiger partial charge in [0.2, 0.25) is 0 Å². The molecule has 0 aromatic heterocycles. The van der Waals surface area contributed by atoms with Crippen LogP contribution in [0.4, 0.5) is 0 Å². The molecule has 1 nitrogen and oxygen atoms in total. The van der Waals surface area contributed by atoms with Crippen LogP contribution in [-0.2, 0) is 0 Å². The zero-order valence-electron chi connectivity index (χ0n) is 10.9. The van der Waals surface area contributed by atoms with Crippen LogP contribution in [0, 0.1) is 0 Å². The summed E-state index contributed by atoms with van der Waals surface area (Å²) in [6.45, 7) is 0. The lowest BCUT2D eigenvalue weighted by Gasteiger charge is -2.25. The summed E-state index contributed by atoms with van der Waals surface area (Å²) in [4.78, 5) is 12.4. The van der Waals surface area contributed by atoms with Crippen molar-refractivity contribution in [3.8, 4) is 0 Å². The molecule has 3 heteroatoms. The molecule has 1 aliphatic carbocycles. The van der Waals surface area contributed by atoms with Gasteiger partial charge in [-0.05, 0) is 36.5 Å². The highest BCUT2D eigenvalue weighted by Crippen LogP contribution is 2.36. The van der Waals surface area contributed by atoms with Crippen LogP contribution in [0.3, 0.4) is 0 Å². The van der Waals surface area contributed by atoms with E-state index in [0.717, 1.165) is 0 Å². The van der Waals surface area contributed by atoms with Crippen molar-refractivity contribution in [2.24, 2.45) is 0 Å². The van der Waals surface area contributed by atoms with Gasteiger partial charge in [0.05, 0.1) is 10.0 Å². The van der Waals surface area contributed by atoms with E-state index in [0.29, 0.717) is 27.1 Å². The molecule has 0 radical (unpaired) electrons. The minimum Gasteiger partial charge on any atom is -0.289 e. The van der Waals surface area contributed by atoms with E-state index in [1.165, 1.54) is 24.8 Å². The average Bonchev–Trinajstić information content (AvgIpc) is 2.40. The fourth-order valence-corrected chi connectivity index (χ4v) is 2.87. The molecule has 0 saturated heterocycles. The molecule has 20 heavy (non-hydrogen) atoms. The highest BCUT2D eigenvalue weighted by molar-refractivity contribution is 6.44. The van der Waals surface area contributed by atoms with Gasteiger partial charge in [0, 0.05) is 11.1 Å². The SMILES string of the molecule is O=C(c1ccc(C2CCC2)cc1)c1cccc(Cl)c1Cl. The molecular formula is C17H14Cl2O. The van der Waals surface area contributed by atoms with E-state index in [1.54, 1.807) is 18.2 Å². The van der Waals surface area contributed by atoms with Crippen molar-refractivity contribution in [2.45, 2.75) is 25.2 Å². The van der Waals surface area contributed by atoms with Gasteiger partial charge in [0.1, 0.15) is 0 Å². The maximum Gasteiger partial charge on any atom is 0.194 e. The van der Waals surface area contributed by atoms with Crippen LogP contribution in [0.25, 0.3) is 0 Å². The second-order valence-corrected chi connectivity index (χ2v) is 5.97. The number of ketones is 1. The van der Waals surface area contributed by atoms with E-state index in [-0.39, 0.29) is 5.78 Å². The Hall–Kier alpha value is -1.31. The Bertz CT molecular complexity index is 643. The summed E-state index contributed by atoms with van der Waals surface area (Å²) >= 11 is 12.1. The average molecular weight is 305 g/mol. The van der Waals surface area contributed by atoms with E-state index in [4.69, 9.17) is 23.2 Å². The molecule has 1 fully saturated rings. The Morgan fingerprint density at radius 2 is 1.70 bits per heavy atom. The molecule has 0 amide bonds. The van der Waals surface area contributed by atoms with Crippen molar-refractivity contribution >= 4 is 29.0 Å². The molecule has 0 aliphatic heterocycles. The minimum absolute atomic E-state index is 0.0855. The third-order valence-electron chi connectivity index (χ3n) is 3.95. The fraction of sp³-hybridized carbons (Fsp3) is 0.235. The molecule has 0 unspecified atom stereocenters. The summed E-state index contributed by atoms with van der Waals surface area (Å²) in [5.41, 5.74) is 2.43. The highest BCUT2D eigenvalue weighted by Gasteiger charge is 2.20. The molecule has 0 atom stereocenters. The van der Waals surface area contributed by atoms with Crippen molar-refractivity contribution < 1.29 is 4.79 Å². The minimum atomic E-state index is -0.0855. The predicted octanol–water partition coefficient (Wildman–Crippen LogP) is 5.49. The molecule has 2 aromatic carbocycles. The fourth-order valence-electron chi connectivity index (χ4n) is 2.48. The molecule has 2 aromatic rings. The number of hydrogen-bond donors (Lipinski definition) is 0. The molecule has 1 saturated carbocycles. The van der Waals surface area contributed by atoms with E-state index in [1.807, 2.05) is 12.1 Å². The summed E-state index contributed by atoms with van der Waals surface area (Å²) in [5.74, 6) is 0.589. The lowest BCUT2D eigenvalue weighted by atomic mass is 9.80. The van der Waals surface area contributed by atoms with Gasteiger partial charge >= 0.3 is 0 Å². The van der Waals surface area contributed by atoms with Gasteiger partial charge in [-0.1, -0.05) is 60.0 Å². The zero-order chi connectivity index (χ0) is 14.1. The first-order chi connectivity index (χ1) is 9.66. The molecule has 0 N–H and O–H groups in total. The third-order valence-corrected chi connectivity index (χ3v) is 4.76. The second-order valence-electron chi connectivity index (χ2n) is 5.18. The molecule has 1 aliphatic rings. The normalized spacial score (nSPS) is 14.9. The van der Waals surface area contributed by atoms with Crippen LogP contribution in [0.15, 0.2) is 42.5 Å². The van der Waals surface area contributed by atoms with Gasteiger partial charge in [-0.2, -0.15) is 0 Å². The number of carbonyl (C=O) groups is 1. The van der Waals surface area contributed by atoms with Gasteiger partial charge < -0.3 is 0 Å². The van der Waals surface area contributed by atoms with Crippen LogP contribution in [0.5, 0.6) is 0 Å². The van der Waals surface area contributed by atoms with Crippen LogP contribution >= 0.6 is 23.2 Å². The maximum atomic E-state index is 12.4. The van der Waals surface area contributed by atoms with Crippen molar-refractivity contribution in [1.82, 2.24) is 0 Å². The number of benzene rings is 2. The summed E-state index contributed by atoms with van der Waals surface area (Å²) in [5, 5.41) is 0.728. The van der Waals surface area contributed by atoms with E-state index in [2.05, 4.69) is 12.1 Å². The number of halogens is 2. The standard InChI is InChI=1S/C17H14Cl2O/c18-15-6-2-5-14(16(15)19)17(20)13-9-7-12(8-10-13)11-3-1-4-11/h2,5-11H,1,3-4H2. The van der Waals surface area contributed by atoms with Crippen molar-refractivity contribution in [2.75, 3.05) is 0 Å². The molecule has 102 valence electrons. The Balaban J connectivity index is 1.88. The molecule has 0 bridgehead atoms. The Kier molecular flexibility index (Phi) is 3.82. The van der Waals surface area contributed by atoms with Gasteiger partial charge in [0.25, 0.3) is 0 Å². The number of rotatable bonds is 3. The number of carbonyl (C=O) groups excluding carboxylic acids is 1. The van der Waals surface area contributed by atoms with Gasteiger partial charge in [-0.15, -0.1) is 0 Å². The first-order valence-electron chi connectivity index (χ1n) is 6.75. The predicted molar refractivity (Wildman–Crippen MR) is 82.9 cm³/mol. The van der Waals surface area contributed by atoms with E-state index < -0.39 is 0 Å². The highest BCUT2D eigenvalue weighted by atomic mass is 35.5. The summed E-state index contributed by atoms with van der Waals surface area (Å²) in [6, 6.07) is 13.0. The second kappa shape index (κ2) is 5.59. The van der Waals surface area contributed by atoms with Crippen LogP contribution < -0.4 is 0 Å². The summed E-state index contributed by atoms with van der Waals surface area (Å²) < 4.78 is 0. The zero-order valence-corrected chi connectivity index (χ0v) is 12.4. The van der Waals surface area contributed by atoms with Gasteiger partial charge in [0.15, 0.2) is 5.78 Å². The first kappa shape index (κ1) is 13.7. The molecule has 0 spiro atoms. The van der Waals surface area contributed by atoms with Crippen molar-refractivity contribution in [1.29, 1.82) is 0 Å². The largest absolute Gasteiger partial charge is 0.289 e. The Labute approximate surface area is 128 Å². The summed E-state index contributed by atoms with van der Waals surface area (Å²) in [7, 11) is 0. The van der Waals surface area contributed by atoms with Crippen LogP contribution in [0.1, 0.15) is 46.7 Å². The lowest BCUT2D eigenvalue weighted by molar-refractivity contribution is 0.103. The molecule has 0 heterocycles. The first-order valence-corrected chi connectivity index (χ1v) is 7.51. The Morgan fingerprint density at radius 3 is 2.30 bits per heavy atom. The van der Waals surface area contributed by atoms with Gasteiger partial charge in [-0.25, -0.2) is 0 Å².